The van der Waals surface area contributed by atoms with E-state index >= 15 is 0 Å². The molecular formula is C22H26N2O5. The monoisotopic (exact) mass is 398 g/mol. The van der Waals surface area contributed by atoms with Gasteiger partial charge in [0.2, 0.25) is 0 Å². The standard InChI is InChI=1S/C22H26N2O5/c1-28-19-5-2-4-17(12-19)14-24(15-20-6-3-11-29-20)22(27)23-13-16-7-9-18(10-8-16)21(25)26/h2,4-5,7-10,12,20H,3,6,11,13-15H2,1H3,(H,23,27)(H,25,26). The first-order valence-corrected chi connectivity index (χ1v) is 9.64. The average molecular weight is 398 g/mol. The van der Waals surface area contributed by atoms with Crippen molar-refractivity contribution in [3.8, 4) is 5.75 Å². The van der Waals surface area contributed by atoms with Crippen molar-refractivity contribution in [1.82, 2.24) is 10.2 Å². The fourth-order valence-corrected chi connectivity index (χ4v) is 3.30. The molecule has 2 amide bonds. The lowest BCUT2D eigenvalue weighted by Crippen LogP contribution is -2.43. The van der Waals surface area contributed by atoms with Crippen LogP contribution in [0, 0.1) is 0 Å². The van der Waals surface area contributed by atoms with Gasteiger partial charge in [-0.15, -0.1) is 0 Å². The number of hydrogen-bond acceptors (Lipinski definition) is 4. The molecule has 2 N–H and O–H groups in total. The van der Waals surface area contributed by atoms with Crippen LogP contribution in [-0.2, 0) is 17.8 Å². The predicted molar refractivity (Wildman–Crippen MR) is 108 cm³/mol. The Morgan fingerprint density at radius 1 is 1.21 bits per heavy atom. The van der Waals surface area contributed by atoms with E-state index in [1.54, 1.807) is 24.1 Å². The topological polar surface area (TPSA) is 88.1 Å². The molecule has 0 saturated carbocycles. The first-order valence-electron chi connectivity index (χ1n) is 9.64. The quantitative estimate of drug-likeness (QED) is 0.712. The van der Waals surface area contributed by atoms with Crippen molar-refractivity contribution >= 4 is 12.0 Å². The number of amides is 2. The minimum Gasteiger partial charge on any atom is -0.497 e. The number of ether oxygens (including phenoxy) is 2. The van der Waals surface area contributed by atoms with Gasteiger partial charge in [0.25, 0.3) is 0 Å². The number of aromatic carboxylic acids is 1. The molecule has 0 bridgehead atoms. The summed E-state index contributed by atoms with van der Waals surface area (Å²) in [4.78, 5) is 25.6. The van der Waals surface area contributed by atoms with Crippen LogP contribution in [0.3, 0.4) is 0 Å². The van der Waals surface area contributed by atoms with Crippen molar-refractivity contribution in [2.75, 3.05) is 20.3 Å². The molecule has 1 aliphatic rings. The van der Waals surface area contributed by atoms with Crippen LogP contribution in [0.5, 0.6) is 5.75 Å². The number of carboxylic acid groups (broad SMARTS) is 1. The molecule has 154 valence electrons. The van der Waals surface area contributed by atoms with Crippen LogP contribution < -0.4 is 10.1 Å². The van der Waals surface area contributed by atoms with Gasteiger partial charge in [-0.2, -0.15) is 0 Å². The van der Waals surface area contributed by atoms with Crippen LogP contribution in [-0.4, -0.2) is 48.4 Å². The predicted octanol–water partition coefficient (Wildman–Crippen LogP) is 3.28. The zero-order valence-corrected chi connectivity index (χ0v) is 16.5. The Hall–Kier alpha value is -3.06. The Labute approximate surface area is 170 Å². The normalized spacial score (nSPS) is 15.7. The lowest BCUT2D eigenvalue weighted by atomic mass is 10.1. The molecule has 0 aromatic heterocycles. The summed E-state index contributed by atoms with van der Waals surface area (Å²) in [7, 11) is 1.62. The van der Waals surface area contributed by atoms with Gasteiger partial charge in [-0.3, -0.25) is 0 Å². The molecule has 1 aliphatic heterocycles. The number of nitrogens with one attached hydrogen (secondary N) is 1. The highest BCUT2D eigenvalue weighted by molar-refractivity contribution is 5.87. The Morgan fingerprint density at radius 3 is 2.66 bits per heavy atom. The van der Waals surface area contributed by atoms with E-state index in [2.05, 4.69) is 5.32 Å². The molecular weight excluding hydrogens is 372 g/mol. The maximum Gasteiger partial charge on any atom is 0.335 e. The van der Waals surface area contributed by atoms with Crippen LogP contribution >= 0.6 is 0 Å². The summed E-state index contributed by atoms with van der Waals surface area (Å²) in [5.41, 5.74) is 2.03. The molecule has 0 aliphatic carbocycles. The zero-order valence-electron chi connectivity index (χ0n) is 16.5. The minimum absolute atomic E-state index is 0.0428. The van der Waals surface area contributed by atoms with Crippen molar-refractivity contribution in [3.05, 3.63) is 65.2 Å². The van der Waals surface area contributed by atoms with Crippen LogP contribution in [0.1, 0.15) is 34.3 Å². The van der Waals surface area contributed by atoms with Gasteiger partial charge in [-0.25, -0.2) is 9.59 Å². The van der Waals surface area contributed by atoms with Gasteiger partial charge < -0.3 is 24.8 Å². The second-order valence-corrected chi connectivity index (χ2v) is 7.03. The van der Waals surface area contributed by atoms with Gasteiger partial charge in [0.1, 0.15) is 5.75 Å². The molecule has 2 aromatic rings. The maximum absolute atomic E-state index is 12.9. The SMILES string of the molecule is COc1cccc(CN(CC2CCCO2)C(=O)NCc2ccc(C(=O)O)cc2)c1. The summed E-state index contributed by atoms with van der Waals surface area (Å²) in [6.45, 7) is 2.01. The van der Waals surface area contributed by atoms with E-state index in [0.717, 1.165) is 36.3 Å². The molecule has 3 rings (SSSR count). The summed E-state index contributed by atoms with van der Waals surface area (Å²) in [5, 5.41) is 11.9. The highest BCUT2D eigenvalue weighted by atomic mass is 16.5. The van der Waals surface area contributed by atoms with E-state index in [1.165, 1.54) is 12.1 Å². The highest BCUT2D eigenvalue weighted by Crippen LogP contribution is 2.18. The fourth-order valence-electron chi connectivity index (χ4n) is 3.30. The van der Waals surface area contributed by atoms with Crippen molar-refractivity contribution in [2.45, 2.75) is 32.0 Å². The second-order valence-electron chi connectivity index (χ2n) is 7.03. The largest absolute Gasteiger partial charge is 0.497 e. The lowest BCUT2D eigenvalue weighted by molar-refractivity contribution is 0.0697. The van der Waals surface area contributed by atoms with E-state index in [0.29, 0.717) is 19.6 Å². The van der Waals surface area contributed by atoms with Gasteiger partial charge in [0.05, 0.1) is 18.8 Å². The summed E-state index contributed by atoms with van der Waals surface area (Å²) < 4.78 is 11.0. The summed E-state index contributed by atoms with van der Waals surface area (Å²) in [6.07, 6.45) is 1.99. The number of urea groups is 1. The zero-order chi connectivity index (χ0) is 20.6. The Balaban J connectivity index is 1.65. The molecule has 1 unspecified atom stereocenters. The molecule has 7 nitrogen and oxygen atoms in total. The molecule has 29 heavy (non-hydrogen) atoms. The molecule has 7 heteroatoms. The van der Waals surface area contributed by atoms with E-state index in [4.69, 9.17) is 14.6 Å². The molecule has 2 aromatic carbocycles. The number of nitrogens with zero attached hydrogens (tertiary/aromatic N) is 1. The summed E-state index contributed by atoms with van der Waals surface area (Å²) in [5.74, 6) is -0.222. The maximum atomic E-state index is 12.9. The first kappa shape index (κ1) is 20.7. The number of hydrogen-bond donors (Lipinski definition) is 2. The van der Waals surface area contributed by atoms with Crippen LogP contribution in [0.4, 0.5) is 4.79 Å². The van der Waals surface area contributed by atoms with E-state index in [-0.39, 0.29) is 17.7 Å². The van der Waals surface area contributed by atoms with Gasteiger partial charge >= 0.3 is 12.0 Å². The third-order valence-corrected chi connectivity index (χ3v) is 4.89. The lowest BCUT2D eigenvalue weighted by Gasteiger charge is -2.26. The van der Waals surface area contributed by atoms with Crippen molar-refractivity contribution in [3.63, 3.8) is 0 Å². The van der Waals surface area contributed by atoms with Crippen LogP contribution in [0.15, 0.2) is 48.5 Å². The van der Waals surface area contributed by atoms with Gasteiger partial charge in [-0.1, -0.05) is 24.3 Å². The summed E-state index contributed by atoms with van der Waals surface area (Å²) in [6, 6.07) is 13.9. The van der Waals surface area contributed by atoms with Crippen LogP contribution in [0.25, 0.3) is 0 Å². The van der Waals surface area contributed by atoms with Crippen LogP contribution in [0.2, 0.25) is 0 Å². The van der Waals surface area contributed by atoms with Gasteiger partial charge in [-0.05, 0) is 48.2 Å². The second kappa shape index (κ2) is 9.93. The van der Waals surface area contributed by atoms with Crippen molar-refractivity contribution in [2.24, 2.45) is 0 Å². The number of carbonyl (C=O) groups is 2. The van der Waals surface area contributed by atoms with Crippen molar-refractivity contribution in [1.29, 1.82) is 0 Å². The number of carbonyl (C=O) groups excluding carboxylic acids is 1. The Kier molecular flexibility index (Phi) is 7.08. The Bertz CT molecular complexity index is 831. The number of methoxy groups -OCH3 is 1. The first-order chi connectivity index (χ1) is 14.0. The minimum atomic E-state index is -0.971. The third-order valence-electron chi connectivity index (χ3n) is 4.89. The molecule has 1 heterocycles. The molecule has 0 spiro atoms. The van der Waals surface area contributed by atoms with Crippen molar-refractivity contribution < 1.29 is 24.2 Å². The number of carboxylic acids is 1. The highest BCUT2D eigenvalue weighted by Gasteiger charge is 2.23. The Morgan fingerprint density at radius 2 is 2.00 bits per heavy atom. The van der Waals surface area contributed by atoms with E-state index < -0.39 is 5.97 Å². The molecule has 1 fully saturated rings. The summed E-state index contributed by atoms with van der Waals surface area (Å²) >= 11 is 0. The number of benzene rings is 2. The van der Waals surface area contributed by atoms with Gasteiger partial charge in [0.15, 0.2) is 0 Å². The van der Waals surface area contributed by atoms with E-state index in [1.807, 2.05) is 24.3 Å². The fraction of sp³-hybridized carbons (Fsp3) is 0.364. The van der Waals surface area contributed by atoms with Gasteiger partial charge in [0, 0.05) is 26.2 Å². The number of rotatable bonds is 8. The molecule has 1 saturated heterocycles. The molecule has 0 radical (unpaired) electrons. The average Bonchev–Trinajstić information content (AvgIpc) is 3.25. The molecule has 1 atom stereocenters. The third kappa shape index (κ3) is 5.96. The van der Waals surface area contributed by atoms with E-state index in [9.17, 15) is 9.59 Å². The smallest absolute Gasteiger partial charge is 0.335 e.